The lowest BCUT2D eigenvalue weighted by Crippen LogP contribution is -2.06. The van der Waals surface area contributed by atoms with Crippen LogP contribution in [-0.2, 0) is 13.6 Å². The van der Waals surface area contributed by atoms with Crippen molar-refractivity contribution in [1.82, 2.24) is 9.55 Å². The standard InChI is InChI=1S/C12H14FN3/c1-9-3-4-10(13)11(7-9)15-8-12-14-5-6-16(12)2/h3-7,15H,8H2,1-2H3. The molecular formula is C12H14FN3. The average Bonchev–Trinajstić information content (AvgIpc) is 2.66. The summed E-state index contributed by atoms with van der Waals surface area (Å²) in [4.78, 5) is 4.16. The van der Waals surface area contributed by atoms with Crippen LogP contribution in [-0.4, -0.2) is 9.55 Å². The molecule has 0 unspecified atom stereocenters. The van der Waals surface area contributed by atoms with Crippen LogP contribution in [0.3, 0.4) is 0 Å². The van der Waals surface area contributed by atoms with Crippen LogP contribution < -0.4 is 5.32 Å². The molecular weight excluding hydrogens is 205 g/mol. The lowest BCUT2D eigenvalue weighted by Gasteiger charge is -2.08. The molecule has 0 saturated heterocycles. The minimum absolute atomic E-state index is 0.236. The van der Waals surface area contributed by atoms with Gasteiger partial charge < -0.3 is 9.88 Å². The minimum Gasteiger partial charge on any atom is -0.375 e. The van der Waals surface area contributed by atoms with Crippen LogP contribution in [0.4, 0.5) is 10.1 Å². The highest BCUT2D eigenvalue weighted by atomic mass is 19.1. The quantitative estimate of drug-likeness (QED) is 0.859. The highest BCUT2D eigenvalue weighted by Gasteiger charge is 2.03. The van der Waals surface area contributed by atoms with Crippen molar-refractivity contribution in [1.29, 1.82) is 0 Å². The molecule has 2 rings (SSSR count). The third-order valence-corrected chi connectivity index (χ3v) is 2.48. The van der Waals surface area contributed by atoms with E-state index in [9.17, 15) is 4.39 Å². The second-order valence-electron chi connectivity index (χ2n) is 3.79. The van der Waals surface area contributed by atoms with Crippen LogP contribution in [0.5, 0.6) is 0 Å². The first kappa shape index (κ1) is 10.7. The molecule has 4 heteroatoms. The normalized spacial score (nSPS) is 10.4. The molecule has 1 heterocycles. The van der Waals surface area contributed by atoms with E-state index in [0.717, 1.165) is 11.4 Å². The first-order chi connectivity index (χ1) is 7.66. The van der Waals surface area contributed by atoms with E-state index in [2.05, 4.69) is 10.3 Å². The van der Waals surface area contributed by atoms with Crippen LogP contribution in [0.25, 0.3) is 0 Å². The van der Waals surface area contributed by atoms with E-state index < -0.39 is 0 Å². The number of halogens is 1. The van der Waals surface area contributed by atoms with E-state index in [1.54, 1.807) is 18.3 Å². The van der Waals surface area contributed by atoms with E-state index >= 15 is 0 Å². The van der Waals surface area contributed by atoms with Crippen LogP contribution in [0, 0.1) is 12.7 Å². The van der Waals surface area contributed by atoms with Crippen LogP contribution in [0.15, 0.2) is 30.6 Å². The molecule has 1 aromatic heterocycles. The fourth-order valence-electron chi connectivity index (χ4n) is 1.52. The zero-order valence-corrected chi connectivity index (χ0v) is 9.37. The molecule has 0 fully saturated rings. The first-order valence-corrected chi connectivity index (χ1v) is 5.13. The number of imidazole rings is 1. The summed E-state index contributed by atoms with van der Waals surface area (Å²) in [5, 5.41) is 3.04. The number of hydrogen-bond acceptors (Lipinski definition) is 2. The fourth-order valence-corrected chi connectivity index (χ4v) is 1.52. The summed E-state index contributed by atoms with van der Waals surface area (Å²) in [7, 11) is 1.91. The van der Waals surface area contributed by atoms with Gasteiger partial charge in [-0.25, -0.2) is 9.37 Å². The summed E-state index contributed by atoms with van der Waals surface area (Å²) in [6, 6.07) is 5.01. The topological polar surface area (TPSA) is 29.9 Å². The zero-order chi connectivity index (χ0) is 11.5. The Hall–Kier alpha value is -1.84. The van der Waals surface area contributed by atoms with Gasteiger partial charge in [-0.3, -0.25) is 0 Å². The SMILES string of the molecule is Cc1ccc(F)c(NCc2nccn2C)c1. The van der Waals surface area contributed by atoms with E-state index in [4.69, 9.17) is 0 Å². The van der Waals surface area contributed by atoms with Crippen molar-refractivity contribution in [2.24, 2.45) is 7.05 Å². The summed E-state index contributed by atoms with van der Waals surface area (Å²) < 4.78 is 15.3. The van der Waals surface area contributed by atoms with E-state index in [-0.39, 0.29) is 5.82 Å². The maximum Gasteiger partial charge on any atom is 0.146 e. The van der Waals surface area contributed by atoms with Gasteiger partial charge in [-0.1, -0.05) is 6.07 Å². The summed E-state index contributed by atoms with van der Waals surface area (Å²) in [6.07, 6.45) is 3.59. The number of hydrogen-bond donors (Lipinski definition) is 1. The highest BCUT2D eigenvalue weighted by molar-refractivity contribution is 5.47. The highest BCUT2D eigenvalue weighted by Crippen LogP contribution is 2.16. The molecule has 0 aliphatic carbocycles. The molecule has 3 nitrogen and oxygen atoms in total. The molecule has 1 aromatic carbocycles. The molecule has 0 saturated carbocycles. The third kappa shape index (κ3) is 2.21. The Morgan fingerprint density at radius 2 is 2.25 bits per heavy atom. The molecule has 0 radical (unpaired) electrons. The smallest absolute Gasteiger partial charge is 0.146 e. The van der Waals surface area contributed by atoms with Gasteiger partial charge in [-0.15, -0.1) is 0 Å². The molecule has 0 bridgehead atoms. The Balaban J connectivity index is 2.10. The Labute approximate surface area is 93.9 Å². The predicted octanol–water partition coefficient (Wildman–Crippen LogP) is 2.48. The van der Waals surface area contributed by atoms with Crippen molar-refractivity contribution < 1.29 is 4.39 Å². The maximum atomic E-state index is 13.4. The van der Waals surface area contributed by atoms with E-state index in [0.29, 0.717) is 12.2 Å². The lowest BCUT2D eigenvalue weighted by molar-refractivity contribution is 0.629. The second-order valence-corrected chi connectivity index (χ2v) is 3.79. The molecule has 0 spiro atoms. The molecule has 84 valence electrons. The summed E-state index contributed by atoms with van der Waals surface area (Å²) in [5.41, 5.74) is 1.55. The van der Waals surface area contributed by atoms with Gasteiger partial charge in [0.25, 0.3) is 0 Å². The van der Waals surface area contributed by atoms with Crippen LogP contribution in [0.2, 0.25) is 0 Å². The molecule has 0 aliphatic heterocycles. The Morgan fingerprint density at radius 3 is 2.94 bits per heavy atom. The number of aryl methyl sites for hydroxylation is 2. The number of nitrogens with zero attached hydrogens (tertiary/aromatic N) is 2. The number of rotatable bonds is 3. The van der Waals surface area contributed by atoms with Gasteiger partial charge in [-0.05, 0) is 24.6 Å². The van der Waals surface area contributed by atoms with Gasteiger partial charge in [0.05, 0.1) is 12.2 Å². The van der Waals surface area contributed by atoms with Gasteiger partial charge in [0.1, 0.15) is 11.6 Å². The van der Waals surface area contributed by atoms with Crippen molar-refractivity contribution in [2.45, 2.75) is 13.5 Å². The maximum absolute atomic E-state index is 13.4. The summed E-state index contributed by atoms with van der Waals surface area (Å²) in [5.74, 6) is 0.640. The molecule has 0 amide bonds. The second kappa shape index (κ2) is 4.35. The number of aromatic nitrogens is 2. The van der Waals surface area contributed by atoms with Crippen LogP contribution in [0.1, 0.15) is 11.4 Å². The van der Waals surface area contributed by atoms with Gasteiger partial charge >= 0.3 is 0 Å². The number of benzene rings is 1. The Morgan fingerprint density at radius 1 is 1.44 bits per heavy atom. The Kier molecular flexibility index (Phi) is 2.90. The number of anilines is 1. The van der Waals surface area contributed by atoms with E-state index in [1.165, 1.54) is 6.07 Å². The molecule has 0 aliphatic rings. The van der Waals surface area contributed by atoms with Crippen molar-refractivity contribution >= 4 is 5.69 Å². The molecule has 0 atom stereocenters. The number of nitrogens with one attached hydrogen (secondary N) is 1. The van der Waals surface area contributed by atoms with Gasteiger partial charge in [0.15, 0.2) is 0 Å². The van der Waals surface area contributed by atoms with Crippen molar-refractivity contribution in [2.75, 3.05) is 5.32 Å². The summed E-state index contributed by atoms with van der Waals surface area (Å²) >= 11 is 0. The van der Waals surface area contributed by atoms with Gasteiger partial charge in [0.2, 0.25) is 0 Å². The van der Waals surface area contributed by atoms with Crippen molar-refractivity contribution in [3.8, 4) is 0 Å². The van der Waals surface area contributed by atoms with Crippen LogP contribution >= 0.6 is 0 Å². The first-order valence-electron chi connectivity index (χ1n) is 5.13. The summed E-state index contributed by atoms with van der Waals surface area (Å²) in [6.45, 7) is 2.45. The average molecular weight is 219 g/mol. The van der Waals surface area contributed by atoms with Crippen molar-refractivity contribution in [3.63, 3.8) is 0 Å². The van der Waals surface area contributed by atoms with Gasteiger partial charge in [0, 0.05) is 19.4 Å². The van der Waals surface area contributed by atoms with Crippen molar-refractivity contribution in [3.05, 3.63) is 47.8 Å². The Bertz CT molecular complexity index is 491. The minimum atomic E-state index is -0.236. The largest absolute Gasteiger partial charge is 0.375 e. The third-order valence-electron chi connectivity index (χ3n) is 2.48. The lowest BCUT2D eigenvalue weighted by atomic mass is 10.2. The molecule has 1 N–H and O–H groups in total. The fraction of sp³-hybridized carbons (Fsp3) is 0.250. The monoisotopic (exact) mass is 219 g/mol. The predicted molar refractivity (Wildman–Crippen MR) is 61.7 cm³/mol. The zero-order valence-electron chi connectivity index (χ0n) is 9.37. The van der Waals surface area contributed by atoms with E-state index in [1.807, 2.05) is 24.7 Å². The molecule has 16 heavy (non-hydrogen) atoms. The van der Waals surface area contributed by atoms with Gasteiger partial charge in [-0.2, -0.15) is 0 Å². The molecule has 2 aromatic rings.